The third-order valence-corrected chi connectivity index (χ3v) is 8.48. The lowest BCUT2D eigenvalue weighted by molar-refractivity contribution is -0.132. The Bertz CT molecular complexity index is 1800. The van der Waals surface area contributed by atoms with E-state index in [0.29, 0.717) is 69.4 Å². The Balaban J connectivity index is 0.899. The van der Waals surface area contributed by atoms with Crippen LogP contribution in [0, 0.1) is 11.7 Å². The summed E-state index contributed by atoms with van der Waals surface area (Å²) in [6.45, 7) is 4.18. The van der Waals surface area contributed by atoms with E-state index >= 15 is 0 Å². The lowest BCUT2D eigenvalue weighted by atomic mass is 10.1. The van der Waals surface area contributed by atoms with Crippen LogP contribution in [0.3, 0.4) is 0 Å². The van der Waals surface area contributed by atoms with Gasteiger partial charge >= 0.3 is 0 Å². The average Bonchev–Trinajstić information content (AvgIpc) is 3.73. The molecule has 0 radical (unpaired) electrons. The van der Waals surface area contributed by atoms with Crippen molar-refractivity contribution in [3.05, 3.63) is 85.1 Å². The summed E-state index contributed by atoms with van der Waals surface area (Å²) in [5, 5.41) is 11.3. The predicted octanol–water partition coefficient (Wildman–Crippen LogP) is 3.83. The zero-order valence-electron chi connectivity index (χ0n) is 24.6. The number of amides is 2. The molecule has 12 heteroatoms. The number of carbonyl (C=O) groups is 2. The Kier molecular flexibility index (Phi) is 7.87. The van der Waals surface area contributed by atoms with E-state index in [9.17, 15) is 14.0 Å². The smallest absolute Gasteiger partial charge is 0.236 e. The molecule has 2 amide bonds. The molecule has 2 aromatic carbocycles. The van der Waals surface area contributed by atoms with Gasteiger partial charge in [-0.2, -0.15) is 5.10 Å². The highest BCUT2D eigenvalue weighted by Crippen LogP contribution is 2.29. The molecule has 3 aromatic heterocycles. The van der Waals surface area contributed by atoms with Crippen LogP contribution in [0.1, 0.15) is 6.42 Å². The van der Waals surface area contributed by atoms with E-state index < -0.39 is 0 Å². The first-order valence-corrected chi connectivity index (χ1v) is 15.0. The second-order valence-electron chi connectivity index (χ2n) is 11.4. The van der Waals surface area contributed by atoms with Gasteiger partial charge in [0.15, 0.2) is 5.82 Å². The number of pyridine rings is 1. The first-order valence-electron chi connectivity index (χ1n) is 15.0. The van der Waals surface area contributed by atoms with Crippen molar-refractivity contribution in [2.75, 3.05) is 56.0 Å². The van der Waals surface area contributed by atoms with Gasteiger partial charge in [-0.05, 0) is 73.6 Å². The van der Waals surface area contributed by atoms with Gasteiger partial charge in [0, 0.05) is 73.5 Å². The van der Waals surface area contributed by atoms with Crippen LogP contribution in [-0.2, 0) is 9.59 Å². The van der Waals surface area contributed by atoms with Crippen LogP contribution in [0.2, 0.25) is 0 Å². The van der Waals surface area contributed by atoms with E-state index in [2.05, 4.69) is 40.3 Å². The molecule has 11 nitrogen and oxygen atoms in total. The molecule has 5 heterocycles. The van der Waals surface area contributed by atoms with Crippen LogP contribution in [0.25, 0.3) is 33.5 Å². The minimum Gasteiger partial charge on any atom is -0.353 e. The second-order valence-corrected chi connectivity index (χ2v) is 11.4. The van der Waals surface area contributed by atoms with Crippen molar-refractivity contribution in [1.82, 2.24) is 34.9 Å². The van der Waals surface area contributed by atoms with Gasteiger partial charge in [0.1, 0.15) is 11.6 Å². The molecule has 0 spiro atoms. The fraction of sp³-hybridized carbons (Fsp3) is 0.273. The van der Waals surface area contributed by atoms with E-state index in [0.717, 1.165) is 27.8 Å². The Morgan fingerprint density at radius 2 is 1.69 bits per heavy atom. The summed E-state index contributed by atoms with van der Waals surface area (Å²) in [7, 11) is 0. The Hall–Kier alpha value is -5.23. The molecular formula is C33H32FN9O2. The summed E-state index contributed by atoms with van der Waals surface area (Å²) in [5.41, 5.74) is 3.84. The first-order chi connectivity index (χ1) is 22.0. The first kappa shape index (κ1) is 28.5. The van der Waals surface area contributed by atoms with Gasteiger partial charge in [0.25, 0.3) is 0 Å². The number of halogens is 1. The van der Waals surface area contributed by atoms with Gasteiger partial charge in [-0.25, -0.2) is 19.3 Å². The summed E-state index contributed by atoms with van der Waals surface area (Å²) < 4.78 is 13.4. The zero-order valence-corrected chi connectivity index (χ0v) is 24.6. The fourth-order valence-electron chi connectivity index (χ4n) is 5.98. The highest BCUT2D eigenvalue weighted by Gasteiger charge is 2.31. The van der Waals surface area contributed by atoms with Crippen LogP contribution in [0.4, 0.5) is 15.9 Å². The zero-order chi connectivity index (χ0) is 30.8. The van der Waals surface area contributed by atoms with Crippen molar-refractivity contribution in [2.24, 2.45) is 5.92 Å². The molecule has 7 rings (SSSR count). The molecule has 0 aliphatic carbocycles. The number of hydrogen-bond donors (Lipinski definition) is 2. The van der Waals surface area contributed by atoms with E-state index in [4.69, 9.17) is 0 Å². The second kappa shape index (κ2) is 12.4. The summed E-state index contributed by atoms with van der Waals surface area (Å²) in [5.74, 6) is 1.01. The maximum absolute atomic E-state index is 13.4. The topological polar surface area (TPSA) is 123 Å². The van der Waals surface area contributed by atoms with Gasteiger partial charge in [-0.3, -0.25) is 19.6 Å². The Morgan fingerprint density at radius 3 is 2.44 bits per heavy atom. The lowest BCUT2D eigenvalue weighted by Crippen LogP contribution is -2.51. The molecule has 0 saturated carbocycles. The molecular weight excluding hydrogens is 573 g/mol. The summed E-state index contributed by atoms with van der Waals surface area (Å²) in [4.78, 5) is 45.6. The fourth-order valence-corrected chi connectivity index (χ4v) is 5.98. The minimum atomic E-state index is -0.309. The molecule has 2 saturated heterocycles. The van der Waals surface area contributed by atoms with E-state index in [1.807, 2.05) is 35.2 Å². The average molecular weight is 606 g/mol. The van der Waals surface area contributed by atoms with Crippen LogP contribution < -0.4 is 10.2 Å². The normalized spacial score (nSPS) is 17.1. The molecule has 2 fully saturated rings. The number of carbonyl (C=O) groups excluding carboxylic acids is 2. The van der Waals surface area contributed by atoms with E-state index in [-0.39, 0.29) is 23.5 Å². The third-order valence-electron chi connectivity index (χ3n) is 8.48. The molecule has 45 heavy (non-hydrogen) atoms. The number of benzene rings is 2. The minimum absolute atomic E-state index is 0.0675. The summed E-state index contributed by atoms with van der Waals surface area (Å²) >= 11 is 0. The standard InChI is InChI=1S/C33H32FN9O2/c34-25-5-2-22(3-6-25)31-27-18-26(7-8-28(27)39-40-31)38-33(45)24-10-13-41(20-24)21-30(44)43-16-14-42(15-17-43)29-9-4-23(19-37-29)32-35-11-1-12-36-32/h1-9,11-12,18-19,24H,10,13-17,20-21H2,(H,38,45)(H,39,40). The Morgan fingerprint density at radius 1 is 0.911 bits per heavy atom. The van der Waals surface area contributed by atoms with E-state index in [1.165, 1.54) is 12.1 Å². The SMILES string of the molecule is O=C(Nc1ccc2[nH]nc(-c3ccc(F)cc3)c2c1)C1CCN(CC(=O)N2CCN(c3ccc(-c4ncccn4)cn3)CC2)C1. The molecule has 2 aliphatic rings. The number of fused-ring (bicyclic) bond motifs is 1. The molecule has 1 atom stereocenters. The lowest BCUT2D eigenvalue weighted by Gasteiger charge is -2.36. The number of piperazine rings is 1. The van der Waals surface area contributed by atoms with Gasteiger partial charge < -0.3 is 15.1 Å². The highest BCUT2D eigenvalue weighted by molar-refractivity contribution is 5.99. The van der Waals surface area contributed by atoms with Crippen molar-refractivity contribution in [3.63, 3.8) is 0 Å². The molecule has 228 valence electrons. The van der Waals surface area contributed by atoms with Gasteiger partial charge in [0.05, 0.1) is 23.7 Å². The van der Waals surface area contributed by atoms with Crippen LogP contribution in [-0.4, -0.2) is 92.6 Å². The van der Waals surface area contributed by atoms with Crippen LogP contribution in [0.15, 0.2) is 79.3 Å². The number of likely N-dealkylation sites (tertiary alicyclic amines) is 1. The van der Waals surface area contributed by atoms with Crippen LogP contribution in [0.5, 0.6) is 0 Å². The number of anilines is 2. The number of aromatic nitrogens is 5. The number of nitrogens with zero attached hydrogens (tertiary/aromatic N) is 7. The molecule has 1 unspecified atom stereocenters. The van der Waals surface area contributed by atoms with Gasteiger partial charge in [-0.1, -0.05) is 0 Å². The van der Waals surface area contributed by atoms with Crippen molar-refractivity contribution >= 4 is 34.2 Å². The third kappa shape index (κ3) is 6.22. The summed E-state index contributed by atoms with van der Waals surface area (Å²) in [6, 6.07) is 17.5. The van der Waals surface area contributed by atoms with Crippen LogP contribution >= 0.6 is 0 Å². The number of rotatable bonds is 7. The highest BCUT2D eigenvalue weighted by atomic mass is 19.1. The van der Waals surface area contributed by atoms with Crippen molar-refractivity contribution in [1.29, 1.82) is 0 Å². The van der Waals surface area contributed by atoms with Gasteiger partial charge in [-0.15, -0.1) is 0 Å². The number of hydrogen-bond acceptors (Lipinski definition) is 8. The molecule has 5 aromatic rings. The van der Waals surface area contributed by atoms with Crippen molar-refractivity contribution in [3.8, 4) is 22.6 Å². The maximum atomic E-state index is 13.4. The van der Waals surface area contributed by atoms with E-state index in [1.54, 1.807) is 36.8 Å². The van der Waals surface area contributed by atoms with Crippen molar-refractivity contribution < 1.29 is 14.0 Å². The largest absolute Gasteiger partial charge is 0.353 e. The Labute approximate surface area is 259 Å². The predicted molar refractivity (Wildman–Crippen MR) is 169 cm³/mol. The number of nitrogens with one attached hydrogen (secondary N) is 2. The molecule has 2 aliphatic heterocycles. The number of H-pyrrole nitrogens is 1. The monoisotopic (exact) mass is 605 g/mol. The number of aromatic amines is 1. The van der Waals surface area contributed by atoms with Gasteiger partial charge in [0.2, 0.25) is 11.8 Å². The van der Waals surface area contributed by atoms with Crippen molar-refractivity contribution in [2.45, 2.75) is 6.42 Å². The quantitative estimate of drug-likeness (QED) is 0.287. The summed E-state index contributed by atoms with van der Waals surface area (Å²) in [6.07, 6.45) is 5.89. The maximum Gasteiger partial charge on any atom is 0.236 e. The molecule has 0 bridgehead atoms. The molecule has 2 N–H and O–H groups in total.